The number of ketones is 1. The molecule has 2 heterocycles. The molecule has 0 saturated heterocycles. The van der Waals surface area contributed by atoms with Gasteiger partial charge >= 0.3 is 0 Å². The fourth-order valence-corrected chi connectivity index (χ4v) is 4.05. The SMILES string of the molecule is Cc1ccccc1-n1c(SC(C)C(=O)c2ccccc2)nnc1-c1ccncc1. The summed E-state index contributed by atoms with van der Waals surface area (Å²) in [5, 5.41) is 9.26. The number of carbonyl (C=O) groups excluding carboxylic acids is 1. The molecular formula is C23H20N4OS. The molecule has 0 saturated carbocycles. The molecule has 4 aromatic rings. The van der Waals surface area contributed by atoms with Gasteiger partial charge in [0.2, 0.25) is 0 Å². The Labute approximate surface area is 173 Å². The Morgan fingerprint density at radius 2 is 1.62 bits per heavy atom. The lowest BCUT2D eigenvalue weighted by molar-refractivity contribution is 0.0994. The minimum Gasteiger partial charge on any atom is -0.293 e. The number of benzene rings is 2. The summed E-state index contributed by atoms with van der Waals surface area (Å²) >= 11 is 1.42. The summed E-state index contributed by atoms with van der Waals surface area (Å²) in [5.41, 5.74) is 3.71. The van der Waals surface area contributed by atoms with E-state index in [1.54, 1.807) is 12.4 Å². The molecule has 0 aliphatic rings. The van der Waals surface area contributed by atoms with Crippen molar-refractivity contribution in [2.75, 3.05) is 0 Å². The van der Waals surface area contributed by atoms with Crippen LogP contribution in [0.25, 0.3) is 17.1 Å². The van der Waals surface area contributed by atoms with E-state index < -0.39 is 0 Å². The third-order valence-corrected chi connectivity index (χ3v) is 5.68. The molecule has 5 nitrogen and oxygen atoms in total. The maximum absolute atomic E-state index is 12.9. The van der Waals surface area contributed by atoms with E-state index in [2.05, 4.69) is 28.2 Å². The van der Waals surface area contributed by atoms with Gasteiger partial charge < -0.3 is 0 Å². The molecule has 0 radical (unpaired) electrons. The number of carbonyl (C=O) groups is 1. The van der Waals surface area contributed by atoms with Crippen LogP contribution in [-0.4, -0.2) is 30.8 Å². The number of Topliss-reactive ketones (excluding diaryl/α,β-unsaturated/α-hetero) is 1. The topological polar surface area (TPSA) is 60.7 Å². The van der Waals surface area contributed by atoms with E-state index in [4.69, 9.17) is 0 Å². The van der Waals surface area contributed by atoms with Gasteiger partial charge in [0.05, 0.1) is 10.9 Å². The first-order valence-electron chi connectivity index (χ1n) is 9.33. The zero-order valence-electron chi connectivity index (χ0n) is 16.2. The van der Waals surface area contributed by atoms with Crippen molar-refractivity contribution in [1.82, 2.24) is 19.7 Å². The lowest BCUT2D eigenvalue weighted by Crippen LogP contribution is -2.14. The van der Waals surface area contributed by atoms with E-state index in [-0.39, 0.29) is 11.0 Å². The maximum atomic E-state index is 12.9. The molecule has 29 heavy (non-hydrogen) atoms. The van der Waals surface area contributed by atoms with E-state index in [9.17, 15) is 4.79 Å². The maximum Gasteiger partial charge on any atom is 0.196 e. The molecule has 0 fully saturated rings. The highest BCUT2D eigenvalue weighted by atomic mass is 32.2. The molecule has 0 aliphatic carbocycles. The van der Waals surface area contributed by atoms with Gasteiger partial charge in [-0.3, -0.25) is 14.3 Å². The standard InChI is InChI=1S/C23H20N4OS/c1-16-8-6-7-11-20(16)27-22(19-12-14-24-15-13-19)25-26-23(27)29-17(2)21(28)18-9-4-3-5-10-18/h3-15,17H,1-2H3. The van der Waals surface area contributed by atoms with Gasteiger partial charge in [-0.2, -0.15) is 0 Å². The molecule has 144 valence electrons. The highest BCUT2D eigenvalue weighted by molar-refractivity contribution is 8.00. The van der Waals surface area contributed by atoms with E-state index >= 15 is 0 Å². The van der Waals surface area contributed by atoms with Gasteiger partial charge in [0.15, 0.2) is 16.8 Å². The van der Waals surface area contributed by atoms with Crippen LogP contribution in [-0.2, 0) is 0 Å². The van der Waals surface area contributed by atoms with Crippen molar-refractivity contribution in [2.45, 2.75) is 24.3 Å². The van der Waals surface area contributed by atoms with E-state index in [0.717, 1.165) is 22.6 Å². The highest BCUT2D eigenvalue weighted by Crippen LogP contribution is 2.32. The Bertz CT molecular complexity index is 1130. The van der Waals surface area contributed by atoms with Crippen LogP contribution in [0, 0.1) is 6.92 Å². The van der Waals surface area contributed by atoms with Crippen LogP contribution in [0.2, 0.25) is 0 Å². The van der Waals surface area contributed by atoms with E-state index in [1.807, 2.05) is 72.2 Å². The molecule has 0 amide bonds. The largest absolute Gasteiger partial charge is 0.293 e. The minimum atomic E-state index is -0.297. The molecule has 2 aromatic carbocycles. The van der Waals surface area contributed by atoms with Gasteiger partial charge in [-0.15, -0.1) is 10.2 Å². The first-order chi connectivity index (χ1) is 14.1. The van der Waals surface area contributed by atoms with Crippen molar-refractivity contribution in [3.63, 3.8) is 0 Å². The molecule has 0 N–H and O–H groups in total. The lowest BCUT2D eigenvalue weighted by atomic mass is 10.1. The van der Waals surface area contributed by atoms with Crippen molar-refractivity contribution < 1.29 is 4.79 Å². The predicted octanol–water partition coefficient (Wildman–Crippen LogP) is 5.00. The molecule has 1 atom stereocenters. The Morgan fingerprint density at radius 1 is 0.931 bits per heavy atom. The van der Waals surface area contributed by atoms with Gasteiger partial charge in [0.1, 0.15) is 0 Å². The molecule has 0 bridgehead atoms. The average Bonchev–Trinajstić information content (AvgIpc) is 3.18. The summed E-state index contributed by atoms with van der Waals surface area (Å²) < 4.78 is 2.02. The normalized spacial score (nSPS) is 11.9. The molecule has 4 rings (SSSR count). The van der Waals surface area contributed by atoms with Crippen molar-refractivity contribution in [1.29, 1.82) is 0 Å². The van der Waals surface area contributed by atoms with Crippen LogP contribution in [0.15, 0.2) is 84.3 Å². The monoisotopic (exact) mass is 400 g/mol. The summed E-state index contributed by atoms with van der Waals surface area (Å²) in [4.78, 5) is 16.9. The number of thioether (sulfide) groups is 1. The predicted molar refractivity (Wildman–Crippen MR) is 115 cm³/mol. The molecule has 2 aromatic heterocycles. The lowest BCUT2D eigenvalue weighted by Gasteiger charge is -2.15. The van der Waals surface area contributed by atoms with Crippen LogP contribution < -0.4 is 0 Å². The van der Waals surface area contributed by atoms with Gasteiger partial charge in [-0.05, 0) is 37.6 Å². The van der Waals surface area contributed by atoms with E-state index in [1.165, 1.54) is 11.8 Å². The first kappa shape index (κ1) is 19.1. The minimum absolute atomic E-state index is 0.0698. The van der Waals surface area contributed by atoms with Gasteiger partial charge in [-0.25, -0.2) is 0 Å². The molecular weight excluding hydrogens is 380 g/mol. The van der Waals surface area contributed by atoms with Crippen molar-refractivity contribution in [2.24, 2.45) is 0 Å². The summed E-state index contributed by atoms with van der Waals surface area (Å²) in [5.74, 6) is 0.795. The number of nitrogens with zero attached hydrogens (tertiary/aromatic N) is 4. The fraction of sp³-hybridized carbons (Fsp3) is 0.130. The number of aromatic nitrogens is 4. The second kappa shape index (κ2) is 8.41. The molecule has 1 unspecified atom stereocenters. The van der Waals surface area contributed by atoms with Crippen LogP contribution in [0.4, 0.5) is 0 Å². The van der Waals surface area contributed by atoms with Crippen LogP contribution in [0.3, 0.4) is 0 Å². The Hall–Kier alpha value is -3.25. The zero-order chi connectivity index (χ0) is 20.2. The van der Waals surface area contributed by atoms with Gasteiger partial charge in [0.25, 0.3) is 0 Å². The quantitative estimate of drug-likeness (QED) is 0.337. The molecule has 0 spiro atoms. The Balaban J connectivity index is 1.75. The molecule has 6 heteroatoms. The summed E-state index contributed by atoms with van der Waals surface area (Å²) in [7, 11) is 0. The van der Waals surface area contributed by atoms with Gasteiger partial charge in [0, 0.05) is 23.5 Å². The third-order valence-electron chi connectivity index (χ3n) is 4.64. The average molecular weight is 401 g/mol. The Kier molecular flexibility index (Phi) is 5.53. The second-order valence-electron chi connectivity index (χ2n) is 6.65. The molecule has 0 aliphatic heterocycles. The van der Waals surface area contributed by atoms with E-state index in [0.29, 0.717) is 10.7 Å². The van der Waals surface area contributed by atoms with Crippen molar-refractivity contribution in [3.8, 4) is 17.1 Å². The highest BCUT2D eigenvalue weighted by Gasteiger charge is 2.23. The van der Waals surface area contributed by atoms with Crippen molar-refractivity contribution >= 4 is 17.5 Å². The van der Waals surface area contributed by atoms with Crippen LogP contribution in [0.5, 0.6) is 0 Å². The first-order valence-corrected chi connectivity index (χ1v) is 10.2. The zero-order valence-corrected chi connectivity index (χ0v) is 17.0. The summed E-state index contributed by atoms with van der Waals surface area (Å²) in [6.07, 6.45) is 3.47. The summed E-state index contributed by atoms with van der Waals surface area (Å²) in [6, 6.07) is 21.2. The number of aryl methyl sites for hydroxylation is 1. The smallest absolute Gasteiger partial charge is 0.196 e. The number of hydrogen-bond donors (Lipinski definition) is 0. The summed E-state index contributed by atoms with van der Waals surface area (Å²) in [6.45, 7) is 3.96. The third kappa shape index (κ3) is 3.98. The van der Waals surface area contributed by atoms with Crippen LogP contribution in [0.1, 0.15) is 22.8 Å². The van der Waals surface area contributed by atoms with Crippen molar-refractivity contribution in [3.05, 3.63) is 90.3 Å². The number of pyridine rings is 1. The Morgan fingerprint density at radius 3 is 2.34 bits per heavy atom. The number of rotatable bonds is 6. The number of para-hydroxylation sites is 1. The van der Waals surface area contributed by atoms with Crippen LogP contribution >= 0.6 is 11.8 Å². The van der Waals surface area contributed by atoms with Gasteiger partial charge in [-0.1, -0.05) is 60.3 Å². The fourth-order valence-electron chi connectivity index (χ4n) is 3.11. The second-order valence-corrected chi connectivity index (χ2v) is 7.96. The number of hydrogen-bond acceptors (Lipinski definition) is 5.